The SMILES string of the molecule is CN=C(NCCCCN1CCCC(C)C1)NCc1ccc(C)cc1. The first-order chi connectivity index (χ1) is 11.7. The van der Waals surface area contributed by atoms with E-state index in [4.69, 9.17) is 0 Å². The maximum Gasteiger partial charge on any atom is 0.191 e. The minimum atomic E-state index is 0.811. The molecule has 0 radical (unpaired) electrons. The molecule has 2 rings (SSSR count). The molecule has 0 saturated carbocycles. The van der Waals surface area contributed by atoms with E-state index in [0.717, 1.165) is 25.0 Å². The molecule has 0 aromatic heterocycles. The van der Waals surface area contributed by atoms with Crippen LogP contribution in [0, 0.1) is 12.8 Å². The Bertz CT molecular complexity index is 495. The average molecular weight is 331 g/mol. The molecular formula is C20H34N4. The number of hydrogen-bond acceptors (Lipinski definition) is 2. The zero-order valence-corrected chi connectivity index (χ0v) is 15.6. The molecule has 1 aromatic rings. The number of benzene rings is 1. The molecule has 0 spiro atoms. The number of aryl methyl sites for hydroxylation is 1. The molecule has 0 bridgehead atoms. The fourth-order valence-corrected chi connectivity index (χ4v) is 3.27. The minimum Gasteiger partial charge on any atom is -0.356 e. The Morgan fingerprint density at radius 3 is 2.71 bits per heavy atom. The van der Waals surface area contributed by atoms with Crippen molar-refractivity contribution in [3.8, 4) is 0 Å². The van der Waals surface area contributed by atoms with E-state index in [1.807, 2.05) is 7.05 Å². The second kappa shape index (κ2) is 10.3. The van der Waals surface area contributed by atoms with Crippen molar-refractivity contribution >= 4 is 5.96 Å². The molecule has 4 heteroatoms. The van der Waals surface area contributed by atoms with Crippen molar-refractivity contribution in [2.45, 2.75) is 46.1 Å². The lowest BCUT2D eigenvalue weighted by atomic mass is 10.0. The highest BCUT2D eigenvalue weighted by atomic mass is 15.2. The van der Waals surface area contributed by atoms with Gasteiger partial charge in [0.15, 0.2) is 5.96 Å². The Kier molecular flexibility index (Phi) is 8.10. The van der Waals surface area contributed by atoms with Gasteiger partial charge in [0.2, 0.25) is 0 Å². The normalized spacial score (nSPS) is 19.3. The second-order valence-corrected chi connectivity index (χ2v) is 7.09. The standard InChI is InChI=1S/C20H34N4/c1-17-8-10-19(11-9-17)15-23-20(21-3)22-12-4-5-13-24-14-6-7-18(2)16-24/h8-11,18H,4-7,12-16H2,1-3H3,(H2,21,22,23). The number of nitrogens with zero attached hydrogens (tertiary/aromatic N) is 2. The van der Waals surface area contributed by atoms with Crippen molar-refractivity contribution < 1.29 is 0 Å². The topological polar surface area (TPSA) is 39.7 Å². The lowest BCUT2D eigenvalue weighted by Crippen LogP contribution is -2.38. The molecule has 0 amide bonds. The predicted molar refractivity (Wildman–Crippen MR) is 103 cm³/mol. The van der Waals surface area contributed by atoms with Gasteiger partial charge in [-0.25, -0.2) is 0 Å². The van der Waals surface area contributed by atoms with Crippen LogP contribution in [0.1, 0.15) is 43.7 Å². The molecule has 0 aliphatic carbocycles. The number of piperidine rings is 1. The van der Waals surface area contributed by atoms with Gasteiger partial charge in [-0.3, -0.25) is 4.99 Å². The number of likely N-dealkylation sites (tertiary alicyclic amines) is 1. The monoisotopic (exact) mass is 330 g/mol. The maximum atomic E-state index is 4.30. The smallest absolute Gasteiger partial charge is 0.191 e. The number of guanidine groups is 1. The van der Waals surface area contributed by atoms with Crippen molar-refractivity contribution in [1.29, 1.82) is 0 Å². The van der Waals surface area contributed by atoms with Crippen LogP contribution in [0.25, 0.3) is 0 Å². The highest BCUT2D eigenvalue weighted by Gasteiger charge is 2.15. The molecule has 1 unspecified atom stereocenters. The van der Waals surface area contributed by atoms with Crippen LogP contribution in [0.2, 0.25) is 0 Å². The number of nitrogens with one attached hydrogen (secondary N) is 2. The fraction of sp³-hybridized carbons (Fsp3) is 0.650. The van der Waals surface area contributed by atoms with Gasteiger partial charge in [-0.15, -0.1) is 0 Å². The summed E-state index contributed by atoms with van der Waals surface area (Å²) in [5, 5.41) is 6.80. The van der Waals surface area contributed by atoms with Gasteiger partial charge in [0, 0.05) is 26.7 Å². The van der Waals surface area contributed by atoms with Gasteiger partial charge in [-0.2, -0.15) is 0 Å². The Morgan fingerprint density at radius 1 is 1.21 bits per heavy atom. The highest BCUT2D eigenvalue weighted by molar-refractivity contribution is 5.79. The van der Waals surface area contributed by atoms with Crippen molar-refractivity contribution in [3.05, 3.63) is 35.4 Å². The van der Waals surface area contributed by atoms with E-state index in [1.54, 1.807) is 0 Å². The van der Waals surface area contributed by atoms with Crippen LogP contribution in [0.3, 0.4) is 0 Å². The summed E-state index contributed by atoms with van der Waals surface area (Å²) in [5.74, 6) is 1.77. The molecule has 1 atom stereocenters. The van der Waals surface area contributed by atoms with Crippen LogP contribution in [-0.4, -0.2) is 44.1 Å². The summed E-state index contributed by atoms with van der Waals surface area (Å²) in [6.07, 6.45) is 5.22. The van der Waals surface area contributed by atoms with Crippen molar-refractivity contribution in [2.75, 3.05) is 33.2 Å². The molecule has 1 fully saturated rings. The predicted octanol–water partition coefficient (Wildman–Crippen LogP) is 3.17. The first-order valence-electron chi connectivity index (χ1n) is 9.40. The third-order valence-corrected chi connectivity index (χ3v) is 4.74. The zero-order valence-electron chi connectivity index (χ0n) is 15.6. The first-order valence-corrected chi connectivity index (χ1v) is 9.40. The quantitative estimate of drug-likeness (QED) is 0.458. The molecular weight excluding hydrogens is 296 g/mol. The Labute approximate surface area is 147 Å². The van der Waals surface area contributed by atoms with E-state index in [0.29, 0.717) is 0 Å². The summed E-state index contributed by atoms with van der Waals surface area (Å²) >= 11 is 0. The van der Waals surface area contributed by atoms with Gasteiger partial charge in [0.25, 0.3) is 0 Å². The van der Waals surface area contributed by atoms with Crippen LogP contribution in [0.5, 0.6) is 0 Å². The number of unbranched alkanes of at least 4 members (excludes halogenated alkanes) is 1. The summed E-state index contributed by atoms with van der Waals surface area (Å²) < 4.78 is 0. The largest absolute Gasteiger partial charge is 0.356 e. The first kappa shape index (κ1) is 18.8. The van der Waals surface area contributed by atoms with Crippen molar-refractivity contribution in [3.63, 3.8) is 0 Å². The molecule has 134 valence electrons. The van der Waals surface area contributed by atoms with E-state index in [-0.39, 0.29) is 0 Å². The lowest BCUT2D eigenvalue weighted by molar-refractivity contribution is 0.181. The minimum absolute atomic E-state index is 0.811. The van der Waals surface area contributed by atoms with Crippen LogP contribution in [-0.2, 0) is 6.54 Å². The molecule has 1 saturated heterocycles. The molecule has 1 heterocycles. The number of hydrogen-bond donors (Lipinski definition) is 2. The number of aliphatic imine (C=N–C) groups is 1. The van der Waals surface area contributed by atoms with Crippen molar-refractivity contribution in [2.24, 2.45) is 10.9 Å². The van der Waals surface area contributed by atoms with Gasteiger partial charge in [-0.05, 0) is 57.2 Å². The van der Waals surface area contributed by atoms with E-state index < -0.39 is 0 Å². The molecule has 1 aromatic carbocycles. The summed E-state index contributed by atoms with van der Waals surface area (Å²) in [6.45, 7) is 10.1. The van der Waals surface area contributed by atoms with Gasteiger partial charge < -0.3 is 15.5 Å². The van der Waals surface area contributed by atoms with E-state index in [1.165, 1.54) is 56.4 Å². The lowest BCUT2D eigenvalue weighted by Gasteiger charge is -2.30. The third kappa shape index (κ3) is 6.91. The number of rotatable bonds is 7. The molecule has 24 heavy (non-hydrogen) atoms. The Balaban J connectivity index is 1.57. The van der Waals surface area contributed by atoms with Crippen LogP contribution >= 0.6 is 0 Å². The van der Waals surface area contributed by atoms with E-state index >= 15 is 0 Å². The van der Waals surface area contributed by atoms with E-state index in [2.05, 4.69) is 58.6 Å². The third-order valence-electron chi connectivity index (χ3n) is 4.74. The van der Waals surface area contributed by atoms with Gasteiger partial charge in [0.05, 0.1) is 0 Å². The van der Waals surface area contributed by atoms with E-state index in [9.17, 15) is 0 Å². The molecule has 1 aliphatic rings. The van der Waals surface area contributed by atoms with Gasteiger partial charge in [0.1, 0.15) is 0 Å². The second-order valence-electron chi connectivity index (χ2n) is 7.09. The van der Waals surface area contributed by atoms with Crippen molar-refractivity contribution in [1.82, 2.24) is 15.5 Å². The van der Waals surface area contributed by atoms with Crippen LogP contribution in [0.15, 0.2) is 29.3 Å². The molecule has 4 nitrogen and oxygen atoms in total. The van der Waals surface area contributed by atoms with Crippen LogP contribution in [0.4, 0.5) is 0 Å². The highest BCUT2D eigenvalue weighted by Crippen LogP contribution is 2.15. The Morgan fingerprint density at radius 2 is 2.00 bits per heavy atom. The fourth-order valence-electron chi connectivity index (χ4n) is 3.27. The summed E-state index contributed by atoms with van der Waals surface area (Å²) in [6, 6.07) is 8.62. The molecule has 2 N–H and O–H groups in total. The average Bonchev–Trinajstić information content (AvgIpc) is 2.59. The maximum absolute atomic E-state index is 4.30. The Hall–Kier alpha value is -1.55. The summed E-state index contributed by atoms with van der Waals surface area (Å²) in [5.41, 5.74) is 2.58. The van der Waals surface area contributed by atoms with Gasteiger partial charge >= 0.3 is 0 Å². The van der Waals surface area contributed by atoms with Crippen LogP contribution < -0.4 is 10.6 Å². The summed E-state index contributed by atoms with van der Waals surface area (Å²) in [7, 11) is 1.83. The van der Waals surface area contributed by atoms with Gasteiger partial charge in [-0.1, -0.05) is 36.8 Å². The summed E-state index contributed by atoms with van der Waals surface area (Å²) in [4.78, 5) is 6.93. The molecule has 1 aliphatic heterocycles. The zero-order chi connectivity index (χ0) is 17.2.